The summed E-state index contributed by atoms with van der Waals surface area (Å²) in [6.45, 7) is 1.01. The molecule has 1 amide bonds. The number of hydrogen-bond acceptors (Lipinski definition) is 3. The zero-order valence-corrected chi connectivity index (χ0v) is 12.4. The Balaban J connectivity index is 1.59. The van der Waals surface area contributed by atoms with Gasteiger partial charge < -0.3 is 15.4 Å². The maximum absolute atomic E-state index is 12.0. The molecule has 1 unspecified atom stereocenters. The van der Waals surface area contributed by atoms with Crippen LogP contribution in [0.5, 0.6) is 11.5 Å². The van der Waals surface area contributed by atoms with Gasteiger partial charge in [-0.25, -0.2) is 0 Å². The van der Waals surface area contributed by atoms with E-state index in [9.17, 15) is 4.79 Å². The largest absolute Gasteiger partial charge is 0.457 e. The van der Waals surface area contributed by atoms with E-state index >= 15 is 0 Å². The van der Waals surface area contributed by atoms with Crippen molar-refractivity contribution in [2.24, 2.45) is 0 Å². The number of nitrogens with one attached hydrogen (secondary N) is 2. The lowest BCUT2D eigenvalue weighted by Gasteiger charge is -2.11. The zero-order chi connectivity index (χ0) is 15.2. The fourth-order valence-electron chi connectivity index (χ4n) is 2.63. The lowest BCUT2D eigenvalue weighted by molar-refractivity contribution is -0.116. The van der Waals surface area contributed by atoms with Crippen LogP contribution in [0.15, 0.2) is 54.6 Å². The molecule has 2 N–H and O–H groups in total. The maximum atomic E-state index is 12.0. The number of amides is 1. The highest BCUT2D eigenvalue weighted by atomic mass is 16.5. The van der Waals surface area contributed by atoms with Crippen LogP contribution in [-0.4, -0.2) is 18.5 Å². The fraction of sp³-hybridized carbons (Fsp3) is 0.278. The Hall–Kier alpha value is -2.33. The molecule has 0 spiro atoms. The van der Waals surface area contributed by atoms with Gasteiger partial charge in [0, 0.05) is 24.2 Å². The van der Waals surface area contributed by atoms with Gasteiger partial charge in [0.25, 0.3) is 0 Å². The summed E-state index contributed by atoms with van der Waals surface area (Å²) in [5.41, 5.74) is 0.761. The van der Waals surface area contributed by atoms with E-state index in [-0.39, 0.29) is 5.91 Å². The molecule has 2 aromatic rings. The lowest BCUT2D eigenvalue weighted by atomic mass is 10.1. The molecule has 0 bridgehead atoms. The summed E-state index contributed by atoms with van der Waals surface area (Å²) in [6, 6.07) is 17.4. The minimum Gasteiger partial charge on any atom is -0.457 e. The molecule has 0 saturated carbocycles. The Morgan fingerprint density at radius 1 is 1.14 bits per heavy atom. The molecule has 0 aliphatic carbocycles. The van der Waals surface area contributed by atoms with Crippen LogP contribution in [0.3, 0.4) is 0 Å². The summed E-state index contributed by atoms with van der Waals surface area (Å²) in [5, 5.41) is 6.27. The summed E-state index contributed by atoms with van der Waals surface area (Å²) in [5.74, 6) is 1.53. The second kappa shape index (κ2) is 7.09. The van der Waals surface area contributed by atoms with E-state index in [4.69, 9.17) is 4.74 Å². The summed E-state index contributed by atoms with van der Waals surface area (Å²) in [7, 11) is 0. The second-order valence-electron chi connectivity index (χ2n) is 5.49. The fourth-order valence-corrected chi connectivity index (χ4v) is 2.63. The van der Waals surface area contributed by atoms with Crippen LogP contribution in [0.25, 0.3) is 0 Å². The molecule has 114 valence electrons. The molecule has 1 atom stereocenters. The molecule has 4 heteroatoms. The van der Waals surface area contributed by atoms with Gasteiger partial charge in [0.1, 0.15) is 11.5 Å². The van der Waals surface area contributed by atoms with Gasteiger partial charge in [-0.1, -0.05) is 24.3 Å². The molecular formula is C18H20N2O2. The third kappa shape index (κ3) is 4.09. The second-order valence-corrected chi connectivity index (χ2v) is 5.49. The van der Waals surface area contributed by atoms with Gasteiger partial charge >= 0.3 is 0 Å². The number of anilines is 1. The van der Waals surface area contributed by atoms with Gasteiger partial charge in [-0.15, -0.1) is 0 Å². The normalized spacial score (nSPS) is 17.2. The van der Waals surface area contributed by atoms with Crippen molar-refractivity contribution in [3.8, 4) is 11.5 Å². The SMILES string of the molecule is O=C(CC1CCCN1)Nc1cccc(Oc2ccccc2)c1. The number of para-hydroxylation sites is 1. The topological polar surface area (TPSA) is 50.4 Å². The monoisotopic (exact) mass is 296 g/mol. The third-order valence-corrected chi connectivity index (χ3v) is 3.69. The van der Waals surface area contributed by atoms with Crippen LogP contribution >= 0.6 is 0 Å². The van der Waals surface area contributed by atoms with Crippen molar-refractivity contribution < 1.29 is 9.53 Å². The first-order valence-electron chi connectivity index (χ1n) is 7.66. The van der Waals surface area contributed by atoms with E-state index in [2.05, 4.69) is 10.6 Å². The Bertz CT molecular complexity index is 622. The number of benzene rings is 2. The molecule has 4 nitrogen and oxygen atoms in total. The van der Waals surface area contributed by atoms with Gasteiger partial charge in [0.05, 0.1) is 0 Å². The van der Waals surface area contributed by atoms with Crippen LogP contribution < -0.4 is 15.4 Å². The number of ether oxygens (including phenoxy) is 1. The first-order chi connectivity index (χ1) is 10.8. The Morgan fingerprint density at radius 3 is 2.73 bits per heavy atom. The molecule has 1 heterocycles. The molecule has 3 rings (SSSR count). The van der Waals surface area contributed by atoms with Gasteiger partial charge in [0.15, 0.2) is 0 Å². The molecule has 2 aromatic carbocycles. The van der Waals surface area contributed by atoms with Crippen molar-refractivity contribution in [1.82, 2.24) is 5.32 Å². The highest BCUT2D eigenvalue weighted by molar-refractivity contribution is 5.91. The van der Waals surface area contributed by atoms with Crippen molar-refractivity contribution in [1.29, 1.82) is 0 Å². The summed E-state index contributed by atoms with van der Waals surface area (Å²) in [6.07, 6.45) is 2.74. The predicted octanol–water partition coefficient (Wildman–Crippen LogP) is 3.56. The van der Waals surface area contributed by atoms with Crippen molar-refractivity contribution in [3.63, 3.8) is 0 Å². The molecule has 1 saturated heterocycles. The van der Waals surface area contributed by atoms with Crippen LogP contribution in [0.4, 0.5) is 5.69 Å². The number of carbonyl (C=O) groups is 1. The van der Waals surface area contributed by atoms with Gasteiger partial charge in [0.2, 0.25) is 5.91 Å². The van der Waals surface area contributed by atoms with E-state index in [0.717, 1.165) is 30.8 Å². The standard InChI is InChI=1S/C18H20N2O2/c21-18(13-14-7-5-11-19-14)20-15-6-4-10-17(12-15)22-16-8-2-1-3-9-16/h1-4,6,8-10,12,14,19H,5,7,11,13H2,(H,20,21). The van der Waals surface area contributed by atoms with Gasteiger partial charge in [-0.05, 0) is 43.7 Å². The lowest BCUT2D eigenvalue weighted by Crippen LogP contribution is -2.27. The van der Waals surface area contributed by atoms with Crippen molar-refractivity contribution in [2.45, 2.75) is 25.3 Å². The Kier molecular flexibility index (Phi) is 4.71. The molecular weight excluding hydrogens is 276 g/mol. The van der Waals surface area contributed by atoms with E-state index in [1.54, 1.807) is 0 Å². The number of hydrogen-bond donors (Lipinski definition) is 2. The first kappa shape index (κ1) is 14.6. The average molecular weight is 296 g/mol. The Morgan fingerprint density at radius 2 is 1.95 bits per heavy atom. The number of rotatable bonds is 5. The Labute approximate surface area is 130 Å². The summed E-state index contributed by atoms with van der Waals surface area (Å²) < 4.78 is 5.77. The van der Waals surface area contributed by atoms with Gasteiger partial charge in [-0.2, -0.15) is 0 Å². The van der Waals surface area contributed by atoms with E-state index in [1.165, 1.54) is 0 Å². The molecule has 22 heavy (non-hydrogen) atoms. The quantitative estimate of drug-likeness (QED) is 0.887. The van der Waals surface area contributed by atoms with E-state index in [1.807, 2.05) is 54.6 Å². The van der Waals surface area contributed by atoms with Crippen molar-refractivity contribution in [2.75, 3.05) is 11.9 Å². The van der Waals surface area contributed by atoms with Crippen LogP contribution in [0, 0.1) is 0 Å². The highest BCUT2D eigenvalue weighted by Crippen LogP contribution is 2.24. The maximum Gasteiger partial charge on any atom is 0.225 e. The smallest absolute Gasteiger partial charge is 0.225 e. The summed E-state index contributed by atoms with van der Waals surface area (Å²) in [4.78, 5) is 12.0. The number of carbonyl (C=O) groups excluding carboxylic acids is 1. The van der Waals surface area contributed by atoms with E-state index in [0.29, 0.717) is 18.2 Å². The minimum absolute atomic E-state index is 0.0382. The molecule has 1 aliphatic heterocycles. The van der Waals surface area contributed by atoms with Crippen molar-refractivity contribution in [3.05, 3.63) is 54.6 Å². The molecule has 0 aromatic heterocycles. The van der Waals surface area contributed by atoms with Gasteiger partial charge in [-0.3, -0.25) is 4.79 Å². The van der Waals surface area contributed by atoms with Crippen LogP contribution in [0.2, 0.25) is 0 Å². The molecule has 1 fully saturated rings. The van der Waals surface area contributed by atoms with E-state index < -0.39 is 0 Å². The minimum atomic E-state index is 0.0382. The molecule has 1 aliphatic rings. The predicted molar refractivity (Wildman–Crippen MR) is 87.2 cm³/mol. The summed E-state index contributed by atoms with van der Waals surface area (Å²) >= 11 is 0. The highest BCUT2D eigenvalue weighted by Gasteiger charge is 2.17. The molecule has 0 radical (unpaired) electrons. The van der Waals surface area contributed by atoms with Crippen LogP contribution in [0.1, 0.15) is 19.3 Å². The van der Waals surface area contributed by atoms with Crippen molar-refractivity contribution >= 4 is 11.6 Å². The third-order valence-electron chi connectivity index (χ3n) is 3.69. The van der Waals surface area contributed by atoms with Crippen LogP contribution in [-0.2, 0) is 4.79 Å². The first-order valence-corrected chi connectivity index (χ1v) is 7.66. The average Bonchev–Trinajstić information content (AvgIpc) is 3.01. The zero-order valence-electron chi connectivity index (χ0n) is 12.4.